The standard InChI is InChI=1S/C9H14BrNO3/c1-3-14-9(13)8(11-6-12)4-7(2)5-10/h4,6,8H,3,5H2,1-2H3,(H,11,12). The molecule has 0 rings (SSSR count). The van der Waals surface area contributed by atoms with Crippen molar-refractivity contribution in [3.8, 4) is 0 Å². The molecule has 1 unspecified atom stereocenters. The number of carbonyl (C=O) groups is 2. The lowest BCUT2D eigenvalue weighted by Crippen LogP contribution is -2.35. The van der Waals surface area contributed by atoms with Gasteiger partial charge in [-0.05, 0) is 13.8 Å². The van der Waals surface area contributed by atoms with E-state index in [1.54, 1.807) is 13.0 Å². The number of esters is 1. The van der Waals surface area contributed by atoms with E-state index in [0.717, 1.165) is 5.57 Å². The van der Waals surface area contributed by atoms with Crippen molar-refractivity contribution >= 4 is 28.3 Å². The lowest BCUT2D eigenvalue weighted by molar-refractivity contribution is -0.145. The minimum Gasteiger partial charge on any atom is -0.464 e. The number of hydrogen-bond donors (Lipinski definition) is 1. The van der Waals surface area contributed by atoms with Crippen LogP contribution in [0.5, 0.6) is 0 Å². The van der Waals surface area contributed by atoms with Crippen molar-refractivity contribution < 1.29 is 14.3 Å². The molecule has 0 saturated heterocycles. The maximum atomic E-state index is 11.3. The Labute approximate surface area is 91.8 Å². The summed E-state index contributed by atoms with van der Waals surface area (Å²) in [4.78, 5) is 21.5. The number of allylic oxidation sites excluding steroid dienone is 1. The second kappa shape index (κ2) is 7.55. The van der Waals surface area contributed by atoms with Crippen molar-refractivity contribution in [2.45, 2.75) is 19.9 Å². The summed E-state index contributed by atoms with van der Waals surface area (Å²) < 4.78 is 4.78. The van der Waals surface area contributed by atoms with Gasteiger partial charge < -0.3 is 10.1 Å². The van der Waals surface area contributed by atoms with Gasteiger partial charge in [-0.25, -0.2) is 4.79 Å². The summed E-state index contributed by atoms with van der Waals surface area (Å²) >= 11 is 3.25. The molecule has 0 radical (unpaired) electrons. The highest BCUT2D eigenvalue weighted by Gasteiger charge is 2.15. The molecule has 0 spiro atoms. The third kappa shape index (κ3) is 5.01. The highest BCUT2D eigenvalue weighted by atomic mass is 79.9. The van der Waals surface area contributed by atoms with Crippen LogP contribution in [0.1, 0.15) is 13.8 Å². The van der Waals surface area contributed by atoms with Crippen LogP contribution >= 0.6 is 15.9 Å². The molecule has 0 fully saturated rings. The number of hydrogen-bond acceptors (Lipinski definition) is 3. The van der Waals surface area contributed by atoms with E-state index in [0.29, 0.717) is 18.3 Å². The van der Waals surface area contributed by atoms with Crippen LogP contribution in [-0.4, -0.2) is 30.4 Å². The van der Waals surface area contributed by atoms with Crippen LogP contribution in [0.2, 0.25) is 0 Å². The highest BCUT2D eigenvalue weighted by molar-refractivity contribution is 9.09. The number of alkyl halides is 1. The average molecular weight is 264 g/mol. The number of amides is 1. The number of nitrogens with one attached hydrogen (secondary N) is 1. The number of halogens is 1. The van der Waals surface area contributed by atoms with Crippen LogP contribution in [0.25, 0.3) is 0 Å². The smallest absolute Gasteiger partial charge is 0.332 e. The van der Waals surface area contributed by atoms with Gasteiger partial charge in [0.2, 0.25) is 6.41 Å². The van der Waals surface area contributed by atoms with Gasteiger partial charge in [-0.2, -0.15) is 0 Å². The Hall–Kier alpha value is -0.840. The van der Waals surface area contributed by atoms with Gasteiger partial charge in [-0.1, -0.05) is 27.6 Å². The van der Waals surface area contributed by atoms with Crippen LogP contribution in [0.3, 0.4) is 0 Å². The molecule has 0 aromatic heterocycles. The van der Waals surface area contributed by atoms with E-state index in [1.165, 1.54) is 0 Å². The monoisotopic (exact) mass is 263 g/mol. The summed E-state index contributed by atoms with van der Waals surface area (Å²) in [6, 6.07) is -0.690. The van der Waals surface area contributed by atoms with Crippen molar-refractivity contribution in [2.75, 3.05) is 11.9 Å². The molecule has 1 atom stereocenters. The Bertz CT molecular complexity index is 228. The molecular formula is C9H14BrNO3. The van der Waals surface area contributed by atoms with E-state index >= 15 is 0 Å². The Kier molecular flexibility index (Phi) is 7.10. The van der Waals surface area contributed by atoms with Crippen molar-refractivity contribution in [3.05, 3.63) is 11.6 Å². The van der Waals surface area contributed by atoms with Crippen molar-refractivity contribution in [1.29, 1.82) is 0 Å². The molecule has 4 nitrogen and oxygen atoms in total. The zero-order valence-corrected chi connectivity index (χ0v) is 9.83. The topological polar surface area (TPSA) is 55.4 Å². The predicted molar refractivity (Wildman–Crippen MR) is 57.2 cm³/mol. The fraction of sp³-hybridized carbons (Fsp3) is 0.556. The molecule has 80 valence electrons. The van der Waals surface area contributed by atoms with Gasteiger partial charge >= 0.3 is 5.97 Å². The van der Waals surface area contributed by atoms with E-state index in [1.807, 2.05) is 6.92 Å². The molecule has 0 aliphatic rings. The lowest BCUT2D eigenvalue weighted by atomic mass is 10.2. The molecule has 0 aromatic rings. The SMILES string of the molecule is CCOC(=O)C(C=C(C)CBr)NC=O. The Morgan fingerprint density at radius 3 is 2.71 bits per heavy atom. The number of ether oxygens (including phenoxy) is 1. The van der Waals surface area contributed by atoms with Crippen LogP contribution in [0.4, 0.5) is 0 Å². The van der Waals surface area contributed by atoms with E-state index < -0.39 is 12.0 Å². The maximum Gasteiger partial charge on any atom is 0.332 e. The zero-order chi connectivity index (χ0) is 11.0. The first-order chi connectivity index (χ1) is 6.65. The fourth-order valence-corrected chi connectivity index (χ4v) is 1.01. The van der Waals surface area contributed by atoms with Gasteiger partial charge in [0, 0.05) is 5.33 Å². The van der Waals surface area contributed by atoms with Gasteiger partial charge in [0.25, 0.3) is 0 Å². The molecule has 0 aliphatic heterocycles. The third-order valence-electron chi connectivity index (χ3n) is 1.45. The van der Waals surface area contributed by atoms with E-state index in [4.69, 9.17) is 4.74 Å². The summed E-state index contributed by atoms with van der Waals surface area (Å²) in [5, 5.41) is 3.04. The van der Waals surface area contributed by atoms with Crippen LogP contribution in [0, 0.1) is 0 Å². The summed E-state index contributed by atoms with van der Waals surface area (Å²) in [5.74, 6) is -0.445. The van der Waals surface area contributed by atoms with Crippen LogP contribution < -0.4 is 5.32 Å². The van der Waals surface area contributed by atoms with Gasteiger partial charge in [0.05, 0.1) is 6.61 Å². The minimum absolute atomic E-state index is 0.303. The molecule has 0 aromatic carbocycles. The lowest BCUT2D eigenvalue weighted by Gasteiger charge is -2.11. The van der Waals surface area contributed by atoms with E-state index in [9.17, 15) is 9.59 Å². The van der Waals surface area contributed by atoms with Crippen molar-refractivity contribution in [2.24, 2.45) is 0 Å². The van der Waals surface area contributed by atoms with E-state index in [-0.39, 0.29) is 0 Å². The Balaban J connectivity index is 4.42. The van der Waals surface area contributed by atoms with Crippen LogP contribution in [0.15, 0.2) is 11.6 Å². The summed E-state index contributed by atoms with van der Waals surface area (Å²) in [5.41, 5.74) is 0.956. The average Bonchev–Trinajstić information content (AvgIpc) is 2.17. The maximum absolute atomic E-state index is 11.3. The van der Waals surface area contributed by atoms with Gasteiger partial charge in [-0.3, -0.25) is 4.79 Å². The second-order valence-electron chi connectivity index (χ2n) is 2.66. The molecule has 0 saturated carbocycles. The third-order valence-corrected chi connectivity index (χ3v) is 2.33. The van der Waals surface area contributed by atoms with Crippen molar-refractivity contribution in [3.63, 3.8) is 0 Å². The second-order valence-corrected chi connectivity index (χ2v) is 3.22. The van der Waals surface area contributed by atoms with E-state index in [2.05, 4.69) is 21.2 Å². The molecule has 14 heavy (non-hydrogen) atoms. The van der Waals surface area contributed by atoms with Gasteiger partial charge in [0.15, 0.2) is 0 Å². The summed E-state index contributed by atoms with van der Waals surface area (Å²) in [7, 11) is 0. The largest absolute Gasteiger partial charge is 0.464 e. The molecule has 0 bridgehead atoms. The molecule has 5 heteroatoms. The van der Waals surface area contributed by atoms with Gasteiger partial charge in [0.1, 0.15) is 6.04 Å². The Morgan fingerprint density at radius 1 is 1.64 bits per heavy atom. The predicted octanol–water partition coefficient (Wildman–Crippen LogP) is 1.01. The normalized spacial score (nSPS) is 13.2. The zero-order valence-electron chi connectivity index (χ0n) is 8.25. The number of rotatable bonds is 6. The quantitative estimate of drug-likeness (QED) is 0.337. The highest BCUT2D eigenvalue weighted by Crippen LogP contribution is 2.01. The first-order valence-electron chi connectivity index (χ1n) is 4.25. The summed E-state index contributed by atoms with van der Waals surface area (Å²) in [6.45, 7) is 3.88. The molecule has 0 heterocycles. The van der Waals surface area contributed by atoms with Gasteiger partial charge in [-0.15, -0.1) is 0 Å². The minimum atomic E-state index is -0.690. The van der Waals surface area contributed by atoms with Crippen LogP contribution in [-0.2, 0) is 14.3 Å². The molecular weight excluding hydrogens is 250 g/mol. The first kappa shape index (κ1) is 13.2. The fourth-order valence-electron chi connectivity index (χ4n) is 0.819. The molecule has 1 N–H and O–H groups in total. The molecule has 0 aliphatic carbocycles. The van der Waals surface area contributed by atoms with Crippen molar-refractivity contribution in [1.82, 2.24) is 5.32 Å². The number of carbonyl (C=O) groups excluding carboxylic acids is 2. The summed E-state index contributed by atoms with van der Waals surface area (Å²) in [6.07, 6.45) is 2.14. The first-order valence-corrected chi connectivity index (χ1v) is 5.37. The molecule has 1 amide bonds. The Morgan fingerprint density at radius 2 is 2.29 bits per heavy atom.